The lowest BCUT2D eigenvalue weighted by Crippen LogP contribution is -2.40. The highest BCUT2D eigenvalue weighted by molar-refractivity contribution is 14.0. The molecule has 1 atom stereocenters. The molecule has 0 aliphatic carbocycles. The number of pyridine rings is 1. The van der Waals surface area contributed by atoms with Gasteiger partial charge in [-0.25, -0.2) is 4.98 Å². The van der Waals surface area contributed by atoms with E-state index >= 15 is 0 Å². The fraction of sp³-hybridized carbons (Fsp3) is 0.625. The summed E-state index contributed by atoms with van der Waals surface area (Å²) in [6.45, 7) is 3.35. The van der Waals surface area contributed by atoms with Gasteiger partial charge >= 0.3 is 0 Å². The lowest BCUT2D eigenvalue weighted by atomic mass is 10.2. The fourth-order valence-electron chi connectivity index (χ4n) is 2.25. The highest BCUT2D eigenvalue weighted by Gasteiger charge is 2.15. The number of aliphatic imine (C=N–C) groups is 1. The Labute approximate surface area is 160 Å². The quantitative estimate of drug-likeness (QED) is 0.271. The van der Waals surface area contributed by atoms with Crippen LogP contribution in [0, 0.1) is 0 Å². The van der Waals surface area contributed by atoms with E-state index in [4.69, 9.17) is 14.2 Å². The second-order valence-electron chi connectivity index (χ2n) is 5.29. The highest BCUT2D eigenvalue weighted by Crippen LogP contribution is 2.10. The maximum absolute atomic E-state index is 5.59. The zero-order valence-electron chi connectivity index (χ0n) is 14.3. The molecule has 0 radical (unpaired) electrons. The topological polar surface area (TPSA) is 77.0 Å². The van der Waals surface area contributed by atoms with Crippen molar-refractivity contribution in [1.29, 1.82) is 0 Å². The van der Waals surface area contributed by atoms with Crippen LogP contribution in [-0.4, -0.2) is 57.6 Å². The van der Waals surface area contributed by atoms with Crippen LogP contribution >= 0.6 is 24.0 Å². The molecule has 1 aromatic rings. The number of methoxy groups -OCH3 is 1. The molecule has 1 fully saturated rings. The van der Waals surface area contributed by atoms with Crippen LogP contribution < -0.4 is 15.4 Å². The molecule has 0 spiro atoms. The van der Waals surface area contributed by atoms with Gasteiger partial charge in [0.2, 0.25) is 5.88 Å². The first-order chi connectivity index (χ1) is 11.3. The molecule has 2 heterocycles. The van der Waals surface area contributed by atoms with Crippen molar-refractivity contribution in [2.45, 2.75) is 25.5 Å². The van der Waals surface area contributed by atoms with Crippen LogP contribution in [0.15, 0.2) is 23.3 Å². The van der Waals surface area contributed by atoms with Crippen LogP contribution in [0.25, 0.3) is 0 Å². The third kappa shape index (κ3) is 7.63. The summed E-state index contributed by atoms with van der Waals surface area (Å²) in [6.07, 6.45) is 4.34. The van der Waals surface area contributed by atoms with Crippen LogP contribution in [0.4, 0.5) is 0 Å². The lowest BCUT2D eigenvalue weighted by molar-refractivity contribution is 0.114. The van der Waals surface area contributed by atoms with Crippen LogP contribution in [0.5, 0.6) is 5.88 Å². The second kappa shape index (κ2) is 12.3. The summed E-state index contributed by atoms with van der Waals surface area (Å²) in [4.78, 5) is 8.48. The van der Waals surface area contributed by atoms with Crippen LogP contribution in [0.3, 0.4) is 0 Å². The van der Waals surface area contributed by atoms with E-state index < -0.39 is 0 Å². The van der Waals surface area contributed by atoms with Gasteiger partial charge in [-0.15, -0.1) is 24.0 Å². The minimum absolute atomic E-state index is 0. The number of hydrogen-bond acceptors (Lipinski definition) is 5. The van der Waals surface area contributed by atoms with E-state index in [-0.39, 0.29) is 24.0 Å². The van der Waals surface area contributed by atoms with E-state index in [0.29, 0.717) is 31.7 Å². The molecular weight excluding hydrogens is 423 g/mol. The lowest BCUT2D eigenvalue weighted by Gasteiger charge is -2.15. The number of aromatic nitrogens is 1. The average molecular weight is 450 g/mol. The highest BCUT2D eigenvalue weighted by atomic mass is 127. The summed E-state index contributed by atoms with van der Waals surface area (Å²) >= 11 is 0. The average Bonchev–Trinajstić information content (AvgIpc) is 3.10. The van der Waals surface area contributed by atoms with Crippen LogP contribution in [0.1, 0.15) is 18.4 Å². The zero-order chi connectivity index (χ0) is 16.3. The van der Waals surface area contributed by atoms with E-state index in [1.54, 1.807) is 20.4 Å². The SMILES string of the molecule is CN=C(NCc1ccc(OCCOC)nc1)NCC1CCCO1.I. The normalized spacial score (nSPS) is 17.2. The van der Waals surface area contributed by atoms with E-state index in [2.05, 4.69) is 20.6 Å². The van der Waals surface area contributed by atoms with E-state index in [0.717, 1.165) is 37.5 Å². The van der Waals surface area contributed by atoms with Crippen molar-refractivity contribution in [1.82, 2.24) is 15.6 Å². The number of ether oxygens (including phenoxy) is 3. The zero-order valence-corrected chi connectivity index (χ0v) is 16.6. The van der Waals surface area contributed by atoms with Gasteiger partial charge in [0.05, 0.1) is 12.7 Å². The van der Waals surface area contributed by atoms with Crippen molar-refractivity contribution in [3.05, 3.63) is 23.9 Å². The first kappa shape index (κ1) is 20.9. The summed E-state index contributed by atoms with van der Waals surface area (Å²) in [6, 6.07) is 3.84. The Morgan fingerprint density at radius 1 is 1.38 bits per heavy atom. The molecule has 1 aromatic heterocycles. The molecule has 0 amide bonds. The Kier molecular flexibility index (Phi) is 10.7. The summed E-state index contributed by atoms with van der Waals surface area (Å²) in [5.74, 6) is 1.37. The second-order valence-corrected chi connectivity index (χ2v) is 5.29. The van der Waals surface area contributed by atoms with Crippen molar-refractivity contribution in [3.63, 3.8) is 0 Å². The van der Waals surface area contributed by atoms with Crippen LogP contribution in [0.2, 0.25) is 0 Å². The molecule has 0 bridgehead atoms. The molecule has 1 saturated heterocycles. The van der Waals surface area contributed by atoms with Crippen molar-refractivity contribution >= 4 is 29.9 Å². The molecule has 0 saturated carbocycles. The monoisotopic (exact) mass is 450 g/mol. The third-order valence-corrected chi connectivity index (χ3v) is 3.54. The molecule has 136 valence electrons. The van der Waals surface area contributed by atoms with Crippen molar-refractivity contribution in [2.24, 2.45) is 4.99 Å². The Hall–Kier alpha value is -1.13. The minimum Gasteiger partial charge on any atom is -0.475 e. The Bertz CT molecular complexity index is 479. The van der Waals surface area contributed by atoms with Gasteiger partial charge in [-0.05, 0) is 18.4 Å². The van der Waals surface area contributed by atoms with Crippen molar-refractivity contribution in [2.75, 3.05) is 40.5 Å². The minimum atomic E-state index is 0. The van der Waals surface area contributed by atoms with Crippen molar-refractivity contribution < 1.29 is 14.2 Å². The molecule has 24 heavy (non-hydrogen) atoms. The number of nitrogens with zero attached hydrogens (tertiary/aromatic N) is 2. The fourth-order valence-corrected chi connectivity index (χ4v) is 2.25. The third-order valence-electron chi connectivity index (χ3n) is 3.54. The smallest absolute Gasteiger partial charge is 0.213 e. The number of guanidine groups is 1. The Morgan fingerprint density at radius 2 is 2.25 bits per heavy atom. The molecule has 1 unspecified atom stereocenters. The maximum Gasteiger partial charge on any atom is 0.213 e. The molecule has 1 aliphatic heterocycles. The van der Waals surface area contributed by atoms with Gasteiger partial charge in [0.1, 0.15) is 6.61 Å². The van der Waals surface area contributed by atoms with E-state index in [9.17, 15) is 0 Å². The predicted molar refractivity (Wildman–Crippen MR) is 104 cm³/mol. The first-order valence-electron chi connectivity index (χ1n) is 7.94. The predicted octanol–water partition coefficient (Wildman–Crippen LogP) is 1.57. The molecule has 2 rings (SSSR count). The van der Waals surface area contributed by atoms with Gasteiger partial charge in [-0.1, -0.05) is 6.07 Å². The molecule has 7 nitrogen and oxygen atoms in total. The largest absolute Gasteiger partial charge is 0.475 e. The van der Waals surface area contributed by atoms with E-state index in [1.165, 1.54) is 0 Å². The number of hydrogen-bond donors (Lipinski definition) is 2. The summed E-state index contributed by atoms with van der Waals surface area (Å²) in [7, 11) is 3.40. The number of rotatable bonds is 8. The van der Waals surface area contributed by atoms with Gasteiger partial charge < -0.3 is 24.8 Å². The standard InChI is InChI=1S/C16H26N4O3.HI/c1-17-16(20-12-14-4-3-7-22-14)19-11-13-5-6-15(18-10-13)23-9-8-21-2;/h5-6,10,14H,3-4,7-9,11-12H2,1-2H3,(H2,17,19,20);1H. The Morgan fingerprint density at radius 3 is 2.88 bits per heavy atom. The van der Waals surface area contributed by atoms with Gasteiger partial charge in [0.15, 0.2) is 5.96 Å². The van der Waals surface area contributed by atoms with Gasteiger partial charge in [0, 0.05) is 46.1 Å². The van der Waals surface area contributed by atoms with Gasteiger partial charge in [-0.3, -0.25) is 4.99 Å². The maximum atomic E-state index is 5.59. The molecule has 1 aliphatic rings. The summed E-state index contributed by atoms with van der Waals surface area (Å²) < 4.78 is 16.0. The number of halogens is 1. The van der Waals surface area contributed by atoms with Gasteiger partial charge in [0.25, 0.3) is 0 Å². The van der Waals surface area contributed by atoms with Gasteiger partial charge in [-0.2, -0.15) is 0 Å². The Balaban J connectivity index is 0.00000288. The van der Waals surface area contributed by atoms with E-state index in [1.807, 2.05) is 12.1 Å². The molecular formula is C16H27IN4O3. The molecule has 0 aromatic carbocycles. The number of nitrogens with one attached hydrogen (secondary N) is 2. The summed E-state index contributed by atoms with van der Waals surface area (Å²) in [5.41, 5.74) is 1.06. The first-order valence-corrected chi connectivity index (χ1v) is 7.94. The van der Waals surface area contributed by atoms with Crippen LogP contribution in [-0.2, 0) is 16.0 Å². The van der Waals surface area contributed by atoms with Crippen molar-refractivity contribution in [3.8, 4) is 5.88 Å². The molecule has 2 N–H and O–H groups in total. The molecule has 8 heteroatoms. The summed E-state index contributed by atoms with van der Waals surface area (Å²) in [5, 5.41) is 6.55.